The molecule has 1 aliphatic heterocycles. The number of hydrogen-bond acceptors (Lipinski definition) is 5. The summed E-state index contributed by atoms with van der Waals surface area (Å²) in [5, 5.41) is 10.1. The number of benzene rings is 3. The molecular formula is C32H34ClN5O2S. The maximum Gasteiger partial charge on any atom is 0.254 e. The Morgan fingerprint density at radius 1 is 0.927 bits per heavy atom. The Bertz CT molecular complexity index is 1530. The van der Waals surface area contributed by atoms with Crippen LogP contribution in [-0.4, -0.2) is 67.8 Å². The van der Waals surface area contributed by atoms with Gasteiger partial charge in [-0.25, -0.2) is 0 Å². The molecule has 3 aromatic carbocycles. The fourth-order valence-corrected chi connectivity index (χ4v) is 6.05. The number of rotatable bonds is 6. The summed E-state index contributed by atoms with van der Waals surface area (Å²) in [4.78, 5) is 30.3. The fourth-order valence-electron chi connectivity index (χ4n) is 4.97. The fraction of sp³-hybridized carbons (Fsp3) is 0.312. The first-order chi connectivity index (χ1) is 19.6. The summed E-state index contributed by atoms with van der Waals surface area (Å²) < 4.78 is 1.93. The molecule has 5 rings (SSSR count). The van der Waals surface area contributed by atoms with E-state index in [-0.39, 0.29) is 29.0 Å². The number of halogens is 1. The molecule has 1 aliphatic rings. The van der Waals surface area contributed by atoms with Gasteiger partial charge < -0.3 is 9.80 Å². The van der Waals surface area contributed by atoms with Crippen LogP contribution in [0.5, 0.6) is 0 Å². The van der Waals surface area contributed by atoms with Gasteiger partial charge in [0.15, 0.2) is 11.0 Å². The van der Waals surface area contributed by atoms with Crippen molar-refractivity contribution < 1.29 is 9.59 Å². The second-order valence-corrected chi connectivity index (χ2v) is 12.6. The maximum absolute atomic E-state index is 13.3. The standard InChI is InChI=1S/C32H34ClN5O2S/c1-22-20-36(18-19-37(22)30(40)23-14-16-24(17-15-23)32(2,3)4)28(39)21-41-31-35-34-29(26-12-8-9-13-27(26)33)38(31)25-10-6-5-7-11-25/h5-17,22H,18-21H2,1-4H3. The highest BCUT2D eigenvalue weighted by Gasteiger charge is 2.31. The molecule has 0 aliphatic carbocycles. The van der Waals surface area contributed by atoms with Crippen molar-refractivity contribution in [3.05, 3.63) is 95.0 Å². The van der Waals surface area contributed by atoms with Gasteiger partial charge in [0.05, 0.1) is 10.8 Å². The Morgan fingerprint density at radius 3 is 2.27 bits per heavy atom. The zero-order chi connectivity index (χ0) is 29.1. The second-order valence-electron chi connectivity index (χ2n) is 11.3. The van der Waals surface area contributed by atoms with Gasteiger partial charge in [-0.15, -0.1) is 10.2 Å². The lowest BCUT2D eigenvalue weighted by molar-refractivity contribution is -0.130. The van der Waals surface area contributed by atoms with E-state index in [2.05, 4.69) is 31.0 Å². The van der Waals surface area contributed by atoms with Gasteiger partial charge in [0.1, 0.15) is 0 Å². The Morgan fingerprint density at radius 2 is 1.61 bits per heavy atom. The molecule has 7 nitrogen and oxygen atoms in total. The molecule has 41 heavy (non-hydrogen) atoms. The minimum atomic E-state index is -0.0905. The largest absolute Gasteiger partial charge is 0.338 e. The highest BCUT2D eigenvalue weighted by Crippen LogP contribution is 2.32. The van der Waals surface area contributed by atoms with Crippen LogP contribution >= 0.6 is 23.4 Å². The average Bonchev–Trinajstić information content (AvgIpc) is 3.39. The summed E-state index contributed by atoms with van der Waals surface area (Å²) in [6.07, 6.45) is 0. The van der Waals surface area contributed by atoms with Gasteiger partial charge >= 0.3 is 0 Å². The predicted octanol–water partition coefficient (Wildman–Crippen LogP) is 6.35. The maximum atomic E-state index is 13.3. The van der Waals surface area contributed by atoms with Crippen LogP contribution in [0.2, 0.25) is 5.02 Å². The lowest BCUT2D eigenvalue weighted by atomic mass is 9.86. The molecule has 1 aromatic heterocycles. The van der Waals surface area contributed by atoms with Crippen molar-refractivity contribution in [2.75, 3.05) is 25.4 Å². The Hall–Kier alpha value is -3.62. The molecule has 9 heteroatoms. The first-order valence-electron chi connectivity index (χ1n) is 13.7. The molecular weight excluding hydrogens is 554 g/mol. The molecule has 0 spiro atoms. The molecule has 2 heterocycles. The van der Waals surface area contributed by atoms with E-state index in [0.717, 1.165) is 11.3 Å². The highest BCUT2D eigenvalue weighted by molar-refractivity contribution is 7.99. The highest BCUT2D eigenvalue weighted by atomic mass is 35.5. The van der Waals surface area contributed by atoms with Crippen LogP contribution < -0.4 is 0 Å². The third-order valence-corrected chi connectivity index (χ3v) is 8.57. The first-order valence-corrected chi connectivity index (χ1v) is 15.1. The van der Waals surface area contributed by atoms with Gasteiger partial charge in [-0.05, 0) is 54.3 Å². The van der Waals surface area contributed by atoms with Crippen LogP contribution in [0.4, 0.5) is 0 Å². The second kappa shape index (κ2) is 12.1. The van der Waals surface area contributed by atoms with Crippen LogP contribution in [0, 0.1) is 0 Å². The quantitative estimate of drug-likeness (QED) is 0.246. The van der Waals surface area contributed by atoms with E-state index in [1.807, 2.05) is 100 Å². The number of amides is 2. The summed E-state index contributed by atoms with van der Waals surface area (Å²) in [5.41, 5.74) is 3.56. The Labute approximate surface area is 250 Å². The zero-order valence-electron chi connectivity index (χ0n) is 23.8. The van der Waals surface area contributed by atoms with Crippen LogP contribution in [0.1, 0.15) is 43.6 Å². The molecule has 0 bridgehead atoms. The minimum Gasteiger partial charge on any atom is -0.338 e. The van der Waals surface area contributed by atoms with Gasteiger partial charge in [-0.3, -0.25) is 14.2 Å². The molecule has 1 atom stereocenters. The third kappa shape index (κ3) is 6.34. The van der Waals surface area contributed by atoms with Gasteiger partial charge in [-0.2, -0.15) is 0 Å². The van der Waals surface area contributed by atoms with E-state index in [4.69, 9.17) is 11.6 Å². The molecule has 1 saturated heterocycles. The predicted molar refractivity (Wildman–Crippen MR) is 165 cm³/mol. The van der Waals surface area contributed by atoms with E-state index in [1.165, 1.54) is 17.3 Å². The molecule has 2 amide bonds. The van der Waals surface area contributed by atoms with E-state index in [0.29, 0.717) is 41.2 Å². The molecule has 0 radical (unpaired) electrons. The normalized spacial score (nSPS) is 15.7. The zero-order valence-corrected chi connectivity index (χ0v) is 25.3. The number of nitrogens with zero attached hydrogens (tertiary/aromatic N) is 5. The average molecular weight is 588 g/mol. The van der Waals surface area contributed by atoms with Crippen LogP contribution in [0.3, 0.4) is 0 Å². The molecule has 0 N–H and O–H groups in total. The van der Waals surface area contributed by atoms with Crippen molar-refractivity contribution in [1.82, 2.24) is 24.6 Å². The number of hydrogen-bond donors (Lipinski definition) is 0. The lowest BCUT2D eigenvalue weighted by Gasteiger charge is -2.40. The summed E-state index contributed by atoms with van der Waals surface area (Å²) in [5.74, 6) is 0.837. The van der Waals surface area contributed by atoms with Crippen molar-refractivity contribution in [1.29, 1.82) is 0 Å². The van der Waals surface area contributed by atoms with Crippen LogP contribution in [0.15, 0.2) is 84.0 Å². The van der Waals surface area contributed by atoms with E-state index in [1.54, 1.807) is 0 Å². The molecule has 4 aromatic rings. The number of piperazine rings is 1. The van der Waals surface area contributed by atoms with Crippen molar-refractivity contribution in [3.63, 3.8) is 0 Å². The van der Waals surface area contributed by atoms with Crippen molar-refractivity contribution in [2.24, 2.45) is 0 Å². The summed E-state index contributed by atoms with van der Waals surface area (Å²) in [6.45, 7) is 9.94. The van der Waals surface area contributed by atoms with Crippen molar-refractivity contribution in [3.8, 4) is 17.1 Å². The summed E-state index contributed by atoms with van der Waals surface area (Å²) in [7, 11) is 0. The number of aromatic nitrogens is 3. The Balaban J connectivity index is 1.26. The van der Waals surface area contributed by atoms with Crippen LogP contribution in [-0.2, 0) is 10.2 Å². The number of thioether (sulfide) groups is 1. The monoisotopic (exact) mass is 587 g/mol. The topological polar surface area (TPSA) is 71.3 Å². The van der Waals surface area contributed by atoms with Gasteiger partial charge in [0.2, 0.25) is 5.91 Å². The molecule has 1 fully saturated rings. The number of para-hydroxylation sites is 1. The molecule has 0 saturated carbocycles. The number of carbonyl (C=O) groups excluding carboxylic acids is 2. The molecule has 1 unspecified atom stereocenters. The van der Waals surface area contributed by atoms with Gasteiger partial charge in [0.25, 0.3) is 5.91 Å². The minimum absolute atomic E-state index is 0.00231. The SMILES string of the molecule is CC1CN(C(=O)CSc2nnc(-c3ccccc3Cl)n2-c2ccccc2)CCN1C(=O)c1ccc(C(C)(C)C)cc1. The van der Waals surface area contributed by atoms with Gasteiger partial charge in [-0.1, -0.05) is 86.6 Å². The molecule has 212 valence electrons. The van der Waals surface area contributed by atoms with Crippen molar-refractivity contribution >= 4 is 35.2 Å². The number of carbonyl (C=O) groups is 2. The van der Waals surface area contributed by atoms with E-state index in [9.17, 15) is 9.59 Å². The lowest BCUT2D eigenvalue weighted by Crippen LogP contribution is -2.55. The van der Waals surface area contributed by atoms with Crippen molar-refractivity contribution in [2.45, 2.75) is 44.3 Å². The summed E-state index contributed by atoms with van der Waals surface area (Å²) >= 11 is 7.84. The third-order valence-electron chi connectivity index (χ3n) is 7.33. The van der Waals surface area contributed by atoms with Crippen LogP contribution in [0.25, 0.3) is 17.1 Å². The first kappa shape index (κ1) is 28.9. The summed E-state index contributed by atoms with van der Waals surface area (Å²) in [6, 6.07) is 25.1. The Kier molecular flexibility index (Phi) is 8.52. The van der Waals surface area contributed by atoms with E-state index < -0.39 is 0 Å². The van der Waals surface area contributed by atoms with Gasteiger partial charge in [0, 0.05) is 42.5 Å². The van der Waals surface area contributed by atoms with E-state index >= 15 is 0 Å². The smallest absolute Gasteiger partial charge is 0.254 e.